The normalized spacial score (nSPS) is 10.5. The maximum absolute atomic E-state index is 13.8. The average molecular weight is 295 g/mol. The van der Waals surface area contributed by atoms with E-state index in [1.165, 1.54) is 13.2 Å². The maximum atomic E-state index is 13.8. The summed E-state index contributed by atoms with van der Waals surface area (Å²) in [7, 11) is 1.51. The number of anilines is 1. The highest BCUT2D eigenvalue weighted by Crippen LogP contribution is 2.27. The Morgan fingerprint density at radius 3 is 2.41 bits per heavy atom. The third kappa shape index (κ3) is 2.51. The summed E-state index contributed by atoms with van der Waals surface area (Å²) in [6.07, 6.45) is 0. The zero-order chi connectivity index (χ0) is 15.5. The largest absolute Gasteiger partial charge is 0.496 e. The molecular weight excluding hydrogens is 281 g/mol. The molecule has 0 fully saturated rings. The number of para-hydroxylation sites is 1. The lowest BCUT2D eigenvalue weighted by Crippen LogP contribution is -2.13. The van der Waals surface area contributed by atoms with Crippen LogP contribution in [-0.2, 0) is 0 Å². The molecule has 0 aliphatic rings. The molecule has 0 saturated carbocycles. The van der Waals surface area contributed by atoms with Crippen LogP contribution in [0.15, 0.2) is 60.7 Å². The summed E-state index contributed by atoms with van der Waals surface area (Å²) in [6.45, 7) is 0. The topological polar surface area (TPSA) is 38.3 Å². The van der Waals surface area contributed by atoms with Gasteiger partial charge in [-0.15, -0.1) is 0 Å². The average Bonchev–Trinajstić information content (AvgIpc) is 2.57. The van der Waals surface area contributed by atoms with E-state index in [2.05, 4.69) is 5.32 Å². The van der Waals surface area contributed by atoms with Crippen molar-refractivity contribution in [2.45, 2.75) is 0 Å². The molecule has 3 rings (SSSR count). The van der Waals surface area contributed by atoms with Crippen LogP contribution in [0.3, 0.4) is 0 Å². The van der Waals surface area contributed by atoms with Gasteiger partial charge in [-0.05, 0) is 24.3 Å². The molecule has 3 aromatic rings. The fourth-order valence-electron chi connectivity index (χ4n) is 2.39. The molecule has 1 amide bonds. The number of hydrogen-bond donors (Lipinski definition) is 1. The van der Waals surface area contributed by atoms with Gasteiger partial charge >= 0.3 is 0 Å². The standard InChI is InChI=1S/C18H14FNO2/c1-22-17-9-5-4-8-14(17)18(21)20-16-11-10-15(19)12-6-2-3-7-13(12)16/h2-11H,1H3,(H,20,21). The molecule has 0 aliphatic heterocycles. The van der Waals surface area contributed by atoms with Crippen molar-refractivity contribution in [1.82, 2.24) is 0 Å². The van der Waals surface area contributed by atoms with Crippen molar-refractivity contribution in [2.75, 3.05) is 12.4 Å². The zero-order valence-corrected chi connectivity index (χ0v) is 12.0. The number of hydrogen-bond acceptors (Lipinski definition) is 2. The quantitative estimate of drug-likeness (QED) is 0.785. The first-order valence-electron chi connectivity index (χ1n) is 6.82. The number of fused-ring (bicyclic) bond motifs is 1. The second-order valence-electron chi connectivity index (χ2n) is 4.79. The lowest BCUT2D eigenvalue weighted by atomic mass is 10.1. The van der Waals surface area contributed by atoms with Crippen LogP contribution in [0.4, 0.5) is 10.1 Å². The van der Waals surface area contributed by atoms with Crippen LogP contribution in [-0.4, -0.2) is 13.0 Å². The summed E-state index contributed by atoms with van der Waals surface area (Å²) in [5.41, 5.74) is 0.992. The van der Waals surface area contributed by atoms with E-state index >= 15 is 0 Å². The Labute approximate surface area is 127 Å². The van der Waals surface area contributed by atoms with Crippen LogP contribution < -0.4 is 10.1 Å². The fraction of sp³-hybridized carbons (Fsp3) is 0.0556. The summed E-state index contributed by atoms with van der Waals surface area (Å²) in [5.74, 6) is -0.119. The molecule has 3 aromatic carbocycles. The number of benzene rings is 3. The van der Waals surface area contributed by atoms with Gasteiger partial charge in [0.05, 0.1) is 12.7 Å². The van der Waals surface area contributed by atoms with E-state index in [1.807, 2.05) is 0 Å². The van der Waals surface area contributed by atoms with Crippen molar-refractivity contribution >= 4 is 22.4 Å². The second-order valence-corrected chi connectivity index (χ2v) is 4.79. The van der Waals surface area contributed by atoms with Gasteiger partial charge in [-0.1, -0.05) is 36.4 Å². The SMILES string of the molecule is COc1ccccc1C(=O)Nc1ccc(F)c2ccccc12. The van der Waals surface area contributed by atoms with E-state index in [9.17, 15) is 9.18 Å². The van der Waals surface area contributed by atoms with Crippen LogP contribution >= 0.6 is 0 Å². The molecule has 0 bridgehead atoms. The molecule has 22 heavy (non-hydrogen) atoms. The lowest BCUT2D eigenvalue weighted by molar-refractivity contribution is 0.102. The molecule has 0 aromatic heterocycles. The molecule has 0 unspecified atom stereocenters. The number of amides is 1. The van der Waals surface area contributed by atoms with E-state index in [0.29, 0.717) is 27.8 Å². The van der Waals surface area contributed by atoms with Gasteiger partial charge in [0.25, 0.3) is 5.91 Å². The first-order chi connectivity index (χ1) is 10.7. The molecule has 3 nitrogen and oxygen atoms in total. The van der Waals surface area contributed by atoms with Crippen molar-refractivity contribution in [3.8, 4) is 5.75 Å². The Balaban J connectivity index is 2.00. The lowest BCUT2D eigenvalue weighted by Gasteiger charge is -2.11. The third-order valence-electron chi connectivity index (χ3n) is 3.47. The molecule has 0 spiro atoms. The minimum Gasteiger partial charge on any atom is -0.496 e. The van der Waals surface area contributed by atoms with Crippen molar-refractivity contribution in [1.29, 1.82) is 0 Å². The van der Waals surface area contributed by atoms with Crippen molar-refractivity contribution in [3.63, 3.8) is 0 Å². The first kappa shape index (κ1) is 14.1. The van der Waals surface area contributed by atoms with Crippen LogP contribution in [0.2, 0.25) is 0 Å². The fourth-order valence-corrected chi connectivity index (χ4v) is 2.39. The van der Waals surface area contributed by atoms with Gasteiger partial charge in [0, 0.05) is 16.5 Å². The Hall–Kier alpha value is -2.88. The summed E-state index contributed by atoms with van der Waals surface area (Å²) in [6, 6.07) is 16.9. The van der Waals surface area contributed by atoms with Crippen molar-refractivity contribution in [2.24, 2.45) is 0 Å². The Morgan fingerprint density at radius 2 is 1.64 bits per heavy atom. The highest BCUT2D eigenvalue weighted by Gasteiger charge is 2.13. The van der Waals surface area contributed by atoms with Gasteiger partial charge in [-0.25, -0.2) is 4.39 Å². The summed E-state index contributed by atoms with van der Waals surface area (Å²) >= 11 is 0. The molecule has 0 atom stereocenters. The molecule has 0 heterocycles. The third-order valence-corrected chi connectivity index (χ3v) is 3.47. The highest BCUT2D eigenvalue weighted by atomic mass is 19.1. The Kier molecular flexibility index (Phi) is 3.74. The summed E-state index contributed by atoms with van der Waals surface area (Å²) < 4.78 is 19.0. The van der Waals surface area contributed by atoms with Crippen molar-refractivity contribution < 1.29 is 13.9 Å². The van der Waals surface area contributed by atoms with E-state index < -0.39 is 0 Å². The number of ether oxygens (including phenoxy) is 1. The molecule has 110 valence electrons. The first-order valence-corrected chi connectivity index (χ1v) is 6.82. The summed E-state index contributed by atoms with van der Waals surface area (Å²) in [5, 5.41) is 3.95. The molecular formula is C18H14FNO2. The van der Waals surface area contributed by atoms with E-state index in [-0.39, 0.29) is 11.7 Å². The number of nitrogens with one attached hydrogen (secondary N) is 1. The van der Waals surface area contributed by atoms with Crippen LogP contribution in [0.25, 0.3) is 10.8 Å². The number of carbonyl (C=O) groups is 1. The number of methoxy groups -OCH3 is 1. The van der Waals surface area contributed by atoms with E-state index in [0.717, 1.165) is 0 Å². The van der Waals surface area contributed by atoms with Crippen LogP contribution in [0.1, 0.15) is 10.4 Å². The smallest absolute Gasteiger partial charge is 0.259 e. The minimum atomic E-state index is -0.314. The Bertz CT molecular complexity index is 845. The van der Waals surface area contributed by atoms with Crippen LogP contribution in [0, 0.1) is 5.82 Å². The molecule has 1 N–H and O–H groups in total. The van der Waals surface area contributed by atoms with Gasteiger partial charge in [-0.3, -0.25) is 4.79 Å². The predicted molar refractivity (Wildman–Crippen MR) is 84.9 cm³/mol. The van der Waals surface area contributed by atoms with E-state index in [1.54, 1.807) is 54.6 Å². The van der Waals surface area contributed by atoms with Crippen LogP contribution in [0.5, 0.6) is 5.75 Å². The van der Waals surface area contributed by atoms with Gasteiger partial charge in [-0.2, -0.15) is 0 Å². The molecule has 0 aliphatic carbocycles. The molecule has 0 saturated heterocycles. The van der Waals surface area contributed by atoms with Gasteiger partial charge < -0.3 is 10.1 Å². The van der Waals surface area contributed by atoms with Gasteiger partial charge in [0.1, 0.15) is 11.6 Å². The second kappa shape index (κ2) is 5.85. The van der Waals surface area contributed by atoms with Gasteiger partial charge in [0.2, 0.25) is 0 Å². The summed E-state index contributed by atoms with van der Waals surface area (Å²) in [4.78, 5) is 12.4. The monoisotopic (exact) mass is 295 g/mol. The van der Waals surface area contributed by atoms with Crippen molar-refractivity contribution in [3.05, 3.63) is 72.0 Å². The number of halogens is 1. The molecule has 4 heteroatoms. The predicted octanol–water partition coefficient (Wildman–Crippen LogP) is 4.24. The highest BCUT2D eigenvalue weighted by molar-refractivity contribution is 6.10. The molecule has 0 radical (unpaired) electrons. The minimum absolute atomic E-state index is 0.297. The zero-order valence-electron chi connectivity index (χ0n) is 12.0. The number of rotatable bonds is 3. The van der Waals surface area contributed by atoms with E-state index in [4.69, 9.17) is 4.74 Å². The Morgan fingerprint density at radius 1 is 0.955 bits per heavy atom. The maximum Gasteiger partial charge on any atom is 0.259 e. The van der Waals surface area contributed by atoms with Gasteiger partial charge in [0.15, 0.2) is 0 Å². The number of carbonyl (C=O) groups excluding carboxylic acids is 1.